The van der Waals surface area contributed by atoms with Crippen LogP contribution >= 0.6 is 22.6 Å². The number of hydrogen-bond donors (Lipinski definition) is 1. The second-order valence-corrected chi connectivity index (χ2v) is 3.02. The Hall–Kier alpha value is -0.590. The zero-order valence-corrected chi connectivity index (χ0v) is 8.07. The third-order valence-electron chi connectivity index (χ3n) is 1.27. The van der Waals surface area contributed by atoms with Gasteiger partial charge in [0, 0.05) is 12.7 Å². The lowest BCUT2D eigenvalue weighted by Crippen LogP contribution is -1.95. The van der Waals surface area contributed by atoms with Crippen molar-refractivity contribution < 1.29 is 9.90 Å². The number of rotatable bonds is 2. The number of carboxylic acids is 1. The molecule has 0 aliphatic heterocycles. The number of aryl methyl sites for hydroxylation is 1. The molecule has 1 heterocycles. The summed E-state index contributed by atoms with van der Waals surface area (Å²) in [5.41, 5.74) is 0.271. The molecule has 0 bridgehead atoms. The summed E-state index contributed by atoms with van der Waals surface area (Å²) >= 11 is 1.91. The van der Waals surface area contributed by atoms with Gasteiger partial charge in [-0.05, 0) is 29.5 Å². The van der Waals surface area contributed by atoms with Gasteiger partial charge < -0.3 is 5.11 Å². The van der Waals surface area contributed by atoms with E-state index in [2.05, 4.69) is 5.10 Å². The average molecular weight is 266 g/mol. The predicted octanol–water partition coefficient (Wildman–Crippen LogP) is 1.21. The van der Waals surface area contributed by atoms with Crippen molar-refractivity contribution in [2.75, 3.05) is 0 Å². The van der Waals surface area contributed by atoms with Crippen molar-refractivity contribution in [1.82, 2.24) is 9.78 Å². The van der Waals surface area contributed by atoms with E-state index >= 15 is 0 Å². The lowest BCUT2D eigenvalue weighted by molar-refractivity contribution is 0.0695. The molecule has 1 N–H and O–H groups in total. The summed E-state index contributed by atoms with van der Waals surface area (Å²) in [6.45, 7) is 2.61. The van der Waals surface area contributed by atoms with E-state index in [1.165, 1.54) is 6.20 Å². The van der Waals surface area contributed by atoms with Crippen LogP contribution in [0.25, 0.3) is 0 Å². The molecular formula is C6H7IN2O2. The highest BCUT2D eigenvalue weighted by Crippen LogP contribution is 2.09. The number of carbonyl (C=O) groups is 1. The summed E-state index contributed by atoms with van der Waals surface area (Å²) in [5.74, 6) is -0.922. The third-order valence-corrected chi connectivity index (χ3v) is 2.07. The Balaban J connectivity index is 3.07. The van der Waals surface area contributed by atoms with Crippen molar-refractivity contribution in [3.05, 3.63) is 15.5 Å². The van der Waals surface area contributed by atoms with Crippen molar-refractivity contribution in [2.24, 2.45) is 0 Å². The molecule has 0 aliphatic rings. The van der Waals surface area contributed by atoms with Crippen LogP contribution in [0.3, 0.4) is 0 Å². The second-order valence-electron chi connectivity index (χ2n) is 1.99. The summed E-state index contributed by atoms with van der Waals surface area (Å²) < 4.78 is 2.14. The first kappa shape index (κ1) is 8.51. The monoisotopic (exact) mass is 266 g/mol. The standard InChI is InChI=1S/C6H7IN2O2/c1-2-9-3-4(6(10)11)5(7)8-9/h3H,2H2,1H3,(H,10,11). The van der Waals surface area contributed by atoms with Crippen LogP contribution in [0.2, 0.25) is 0 Å². The quantitative estimate of drug-likeness (QED) is 0.818. The van der Waals surface area contributed by atoms with Crippen LogP contribution in [0.5, 0.6) is 0 Å². The van der Waals surface area contributed by atoms with E-state index in [0.29, 0.717) is 10.2 Å². The minimum atomic E-state index is -0.922. The molecule has 1 aromatic rings. The Morgan fingerprint density at radius 1 is 1.91 bits per heavy atom. The Morgan fingerprint density at radius 3 is 2.82 bits per heavy atom. The highest BCUT2D eigenvalue weighted by molar-refractivity contribution is 14.1. The molecular weight excluding hydrogens is 259 g/mol. The van der Waals surface area contributed by atoms with E-state index in [1.54, 1.807) is 4.68 Å². The number of nitrogens with zero attached hydrogens (tertiary/aromatic N) is 2. The molecule has 4 nitrogen and oxygen atoms in total. The number of aromatic nitrogens is 2. The summed E-state index contributed by atoms with van der Waals surface area (Å²) in [7, 11) is 0. The highest BCUT2D eigenvalue weighted by Gasteiger charge is 2.11. The summed E-state index contributed by atoms with van der Waals surface area (Å²) in [5, 5.41) is 12.6. The fourth-order valence-corrected chi connectivity index (χ4v) is 1.35. The van der Waals surface area contributed by atoms with Crippen LogP contribution in [-0.2, 0) is 6.54 Å². The molecule has 60 valence electrons. The highest BCUT2D eigenvalue weighted by atomic mass is 127. The van der Waals surface area contributed by atoms with E-state index < -0.39 is 5.97 Å². The van der Waals surface area contributed by atoms with E-state index in [4.69, 9.17) is 5.11 Å². The first-order chi connectivity index (χ1) is 5.15. The molecule has 0 aliphatic carbocycles. The van der Waals surface area contributed by atoms with Gasteiger partial charge in [0.2, 0.25) is 0 Å². The van der Waals surface area contributed by atoms with Crippen molar-refractivity contribution in [2.45, 2.75) is 13.5 Å². The molecule has 5 heteroatoms. The molecule has 0 unspecified atom stereocenters. The lowest BCUT2D eigenvalue weighted by Gasteiger charge is -1.88. The minimum absolute atomic E-state index is 0.271. The van der Waals surface area contributed by atoms with Gasteiger partial charge in [0.25, 0.3) is 0 Å². The molecule has 1 aromatic heterocycles. The topological polar surface area (TPSA) is 55.1 Å². The van der Waals surface area contributed by atoms with Gasteiger partial charge in [-0.15, -0.1) is 0 Å². The fraction of sp³-hybridized carbons (Fsp3) is 0.333. The number of hydrogen-bond acceptors (Lipinski definition) is 2. The maximum absolute atomic E-state index is 10.5. The van der Waals surface area contributed by atoms with Gasteiger partial charge in [-0.2, -0.15) is 5.10 Å². The van der Waals surface area contributed by atoms with E-state index in [0.717, 1.165) is 0 Å². The number of halogens is 1. The minimum Gasteiger partial charge on any atom is -0.478 e. The van der Waals surface area contributed by atoms with E-state index in [1.807, 2.05) is 29.5 Å². The Morgan fingerprint density at radius 2 is 2.55 bits per heavy atom. The lowest BCUT2D eigenvalue weighted by atomic mass is 10.4. The van der Waals surface area contributed by atoms with Gasteiger partial charge in [0.15, 0.2) is 0 Å². The number of carboxylic acid groups (broad SMARTS) is 1. The van der Waals surface area contributed by atoms with Crippen molar-refractivity contribution in [1.29, 1.82) is 0 Å². The smallest absolute Gasteiger partial charge is 0.340 e. The first-order valence-corrected chi connectivity index (χ1v) is 4.19. The van der Waals surface area contributed by atoms with Crippen LogP contribution in [0.15, 0.2) is 6.20 Å². The van der Waals surface area contributed by atoms with E-state index in [-0.39, 0.29) is 5.56 Å². The maximum Gasteiger partial charge on any atom is 0.340 e. The summed E-state index contributed by atoms with van der Waals surface area (Å²) in [6.07, 6.45) is 1.53. The van der Waals surface area contributed by atoms with Gasteiger partial charge in [-0.25, -0.2) is 4.79 Å². The summed E-state index contributed by atoms with van der Waals surface area (Å²) in [6, 6.07) is 0. The van der Waals surface area contributed by atoms with Gasteiger partial charge in [0.05, 0.1) is 0 Å². The normalized spacial score (nSPS) is 10.0. The molecule has 0 saturated heterocycles. The molecule has 1 rings (SSSR count). The Kier molecular flexibility index (Phi) is 2.48. The molecule has 0 aromatic carbocycles. The third kappa shape index (κ3) is 1.70. The molecule has 11 heavy (non-hydrogen) atoms. The molecule has 0 fully saturated rings. The largest absolute Gasteiger partial charge is 0.478 e. The maximum atomic E-state index is 10.5. The zero-order valence-electron chi connectivity index (χ0n) is 5.91. The fourth-order valence-electron chi connectivity index (χ4n) is 0.703. The number of aromatic carboxylic acids is 1. The average Bonchev–Trinajstić information content (AvgIpc) is 2.30. The Labute approximate surface area is 77.4 Å². The van der Waals surface area contributed by atoms with Crippen molar-refractivity contribution in [3.8, 4) is 0 Å². The Bertz CT molecular complexity index is 282. The molecule has 0 spiro atoms. The van der Waals surface area contributed by atoms with Crippen LogP contribution in [-0.4, -0.2) is 20.9 Å². The SMILES string of the molecule is CCn1cc(C(=O)O)c(I)n1. The summed E-state index contributed by atoms with van der Waals surface area (Å²) in [4.78, 5) is 10.5. The van der Waals surface area contributed by atoms with Crippen molar-refractivity contribution in [3.63, 3.8) is 0 Å². The van der Waals surface area contributed by atoms with Gasteiger partial charge in [-0.1, -0.05) is 0 Å². The van der Waals surface area contributed by atoms with Gasteiger partial charge >= 0.3 is 5.97 Å². The van der Waals surface area contributed by atoms with Gasteiger partial charge in [0.1, 0.15) is 9.26 Å². The molecule has 0 saturated carbocycles. The van der Waals surface area contributed by atoms with Crippen LogP contribution < -0.4 is 0 Å². The molecule has 0 amide bonds. The molecule has 0 radical (unpaired) electrons. The van der Waals surface area contributed by atoms with Crippen LogP contribution in [0.4, 0.5) is 0 Å². The first-order valence-electron chi connectivity index (χ1n) is 3.11. The zero-order chi connectivity index (χ0) is 8.43. The van der Waals surface area contributed by atoms with Crippen molar-refractivity contribution >= 4 is 28.6 Å². The second kappa shape index (κ2) is 3.21. The predicted molar refractivity (Wildman–Crippen MR) is 47.6 cm³/mol. The van der Waals surface area contributed by atoms with Crippen LogP contribution in [0.1, 0.15) is 17.3 Å². The van der Waals surface area contributed by atoms with E-state index in [9.17, 15) is 4.79 Å². The van der Waals surface area contributed by atoms with Gasteiger partial charge in [-0.3, -0.25) is 4.68 Å². The van der Waals surface area contributed by atoms with Crippen LogP contribution in [0, 0.1) is 3.70 Å². The molecule has 0 atom stereocenters.